The lowest BCUT2D eigenvalue weighted by Gasteiger charge is -2.04. The molecule has 0 aliphatic heterocycles. The van der Waals surface area contributed by atoms with Crippen molar-refractivity contribution in [1.82, 2.24) is 40.0 Å². The fraction of sp³-hybridized carbons (Fsp3) is 0.222. The number of rotatable bonds is 6. The molecule has 3 aromatic heterocycles. The van der Waals surface area contributed by atoms with E-state index in [1.54, 1.807) is 23.0 Å². The molecule has 0 unspecified atom stereocenters. The van der Waals surface area contributed by atoms with Crippen molar-refractivity contribution in [2.24, 2.45) is 0 Å². The maximum atomic E-state index is 13.0. The average Bonchev–Trinajstić information content (AvgIpc) is 3.30. The van der Waals surface area contributed by atoms with Crippen molar-refractivity contribution in [2.45, 2.75) is 26.3 Å². The number of hydrogen-bond acceptors (Lipinski definition) is 6. The van der Waals surface area contributed by atoms with Crippen LogP contribution in [0.25, 0.3) is 17.2 Å². The Kier molecular flexibility index (Phi) is 4.65. The van der Waals surface area contributed by atoms with Gasteiger partial charge < -0.3 is 0 Å². The van der Waals surface area contributed by atoms with Crippen LogP contribution in [0.1, 0.15) is 18.1 Å². The van der Waals surface area contributed by atoms with E-state index in [9.17, 15) is 4.39 Å². The molecule has 136 valence electrons. The number of benzene rings is 1. The van der Waals surface area contributed by atoms with E-state index in [0.29, 0.717) is 24.6 Å². The summed E-state index contributed by atoms with van der Waals surface area (Å²) in [5, 5.41) is 16.8. The number of halogens is 1. The summed E-state index contributed by atoms with van der Waals surface area (Å²) in [7, 11) is 0. The van der Waals surface area contributed by atoms with Gasteiger partial charge in [-0.2, -0.15) is 9.48 Å². The van der Waals surface area contributed by atoms with Gasteiger partial charge in [-0.05, 0) is 55.0 Å². The molecular formula is C18H17FN8. The molecule has 0 amide bonds. The molecule has 0 saturated carbocycles. The van der Waals surface area contributed by atoms with E-state index < -0.39 is 0 Å². The lowest BCUT2D eigenvalue weighted by atomic mass is 10.2. The first kappa shape index (κ1) is 17.0. The highest BCUT2D eigenvalue weighted by Crippen LogP contribution is 2.14. The minimum atomic E-state index is -0.293. The normalized spacial score (nSPS) is 11.0. The molecule has 0 aliphatic rings. The predicted molar refractivity (Wildman–Crippen MR) is 95.4 cm³/mol. The molecule has 0 bridgehead atoms. The monoisotopic (exact) mass is 364 g/mol. The summed E-state index contributed by atoms with van der Waals surface area (Å²) in [4.78, 5) is 10.4. The Labute approximate surface area is 154 Å². The van der Waals surface area contributed by atoms with E-state index in [4.69, 9.17) is 0 Å². The van der Waals surface area contributed by atoms with Crippen LogP contribution in [0, 0.1) is 12.7 Å². The van der Waals surface area contributed by atoms with Gasteiger partial charge in [-0.25, -0.2) is 14.4 Å². The molecule has 0 spiro atoms. The molecule has 0 radical (unpaired) electrons. The minimum Gasteiger partial charge on any atom is -0.237 e. The van der Waals surface area contributed by atoms with Gasteiger partial charge in [0, 0.05) is 18.2 Å². The average molecular weight is 364 g/mol. The first-order chi connectivity index (χ1) is 13.2. The highest BCUT2D eigenvalue weighted by molar-refractivity contribution is 5.53. The van der Waals surface area contributed by atoms with E-state index in [1.165, 1.54) is 16.9 Å². The summed E-state index contributed by atoms with van der Waals surface area (Å²) in [5.41, 5.74) is 0.730. The molecule has 3 heterocycles. The molecule has 4 rings (SSSR count). The zero-order valence-corrected chi connectivity index (χ0v) is 14.7. The third kappa shape index (κ3) is 3.86. The third-order valence-electron chi connectivity index (χ3n) is 3.96. The van der Waals surface area contributed by atoms with Crippen molar-refractivity contribution in [1.29, 1.82) is 0 Å². The van der Waals surface area contributed by atoms with Gasteiger partial charge in [0.1, 0.15) is 17.5 Å². The van der Waals surface area contributed by atoms with E-state index in [1.807, 2.05) is 25.1 Å². The quantitative estimate of drug-likeness (QED) is 0.522. The number of tetrazole rings is 1. The first-order valence-electron chi connectivity index (χ1n) is 8.57. The van der Waals surface area contributed by atoms with Crippen LogP contribution in [0.15, 0.2) is 48.7 Å². The summed E-state index contributed by atoms with van der Waals surface area (Å²) in [6.07, 6.45) is 3.20. The van der Waals surface area contributed by atoms with Gasteiger partial charge >= 0.3 is 0 Å². The van der Waals surface area contributed by atoms with E-state index in [-0.39, 0.29) is 5.82 Å². The summed E-state index contributed by atoms with van der Waals surface area (Å²) >= 11 is 0. The standard InChI is InChI=1S/C18H17FN8/c1-13-21-17(27(23-13)16-5-2-3-11-20-16)6-4-12-26-24-18(22-25-26)14-7-9-15(19)10-8-14/h2-3,5,7-11H,4,6,12H2,1H3. The smallest absolute Gasteiger partial charge is 0.204 e. The molecule has 0 fully saturated rings. The number of nitrogens with zero attached hydrogens (tertiary/aromatic N) is 8. The van der Waals surface area contributed by atoms with Crippen LogP contribution in [0.2, 0.25) is 0 Å². The molecule has 1 aromatic carbocycles. The van der Waals surface area contributed by atoms with Crippen LogP contribution >= 0.6 is 0 Å². The second-order valence-corrected chi connectivity index (χ2v) is 5.99. The Bertz CT molecular complexity index is 1020. The van der Waals surface area contributed by atoms with Crippen LogP contribution in [-0.4, -0.2) is 40.0 Å². The summed E-state index contributed by atoms with van der Waals surface area (Å²) < 4.78 is 14.8. The highest BCUT2D eigenvalue weighted by atomic mass is 19.1. The van der Waals surface area contributed by atoms with Crippen molar-refractivity contribution in [3.63, 3.8) is 0 Å². The molecule has 4 aromatic rings. The zero-order valence-electron chi connectivity index (χ0n) is 14.7. The molecule has 0 atom stereocenters. The predicted octanol–water partition coefficient (Wildman–Crippen LogP) is 2.40. The molecule has 9 heteroatoms. The Balaban J connectivity index is 1.42. The maximum Gasteiger partial charge on any atom is 0.204 e. The van der Waals surface area contributed by atoms with Crippen LogP contribution in [0.3, 0.4) is 0 Å². The molecule has 0 saturated heterocycles. The zero-order chi connectivity index (χ0) is 18.6. The maximum absolute atomic E-state index is 13.0. The minimum absolute atomic E-state index is 0.293. The van der Waals surface area contributed by atoms with E-state index >= 15 is 0 Å². The lowest BCUT2D eigenvalue weighted by molar-refractivity contribution is 0.494. The summed E-state index contributed by atoms with van der Waals surface area (Å²) in [6, 6.07) is 11.7. The van der Waals surface area contributed by atoms with Crippen molar-refractivity contribution in [3.8, 4) is 17.2 Å². The Hall–Kier alpha value is -3.49. The SMILES string of the molecule is Cc1nc(CCCn2nnc(-c3ccc(F)cc3)n2)n(-c2ccccn2)n1. The second-order valence-electron chi connectivity index (χ2n) is 5.99. The number of hydrogen-bond donors (Lipinski definition) is 0. The van der Waals surface area contributed by atoms with E-state index in [2.05, 4.69) is 30.5 Å². The van der Waals surface area contributed by atoms with Crippen LogP contribution in [0.4, 0.5) is 4.39 Å². The van der Waals surface area contributed by atoms with Crippen molar-refractivity contribution >= 4 is 0 Å². The largest absolute Gasteiger partial charge is 0.237 e. The van der Waals surface area contributed by atoms with Gasteiger partial charge in [0.25, 0.3) is 0 Å². The van der Waals surface area contributed by atoms with Crippen molar-refractivity contribution in [2.75, 3.05) is 0 Å². The fourth-order valence-corrected chi connectivity index (χ4v) is 2.71. The van der Waals surface area contributed by atoms with E-state index in [0.717, 1.165) is 23.6 Å². The summed E-state index contributed by atoms with van der Waals surface area (Å²) in [5.74, 6) is 2.46. The molecular weight excluding hydrogens is 347 g/mol. The molecule has 27 heavy (non-hydrogen) atoms. The molecule has 8 nitrogen and oxygen atoms in total. The van der Waals surface area contributed by atoms with Gasteiger partial charge in [-0.1, -0.05) is 6.07 Å². The lowest BCUT2D eigenvalue weighted by Crippen LogP contribution is -2.08. The second kappa shape index (κ2) is 7.40. The van der Waals surface area contributed by atoms with Gasteiger partial charge in [-0.15, -0.1) is 15.3 Å². The Morgan fingerprint density at radius 3 is 2.67 bits per heavy atom. The Morgan fingerprint density at radius 2 is 1.89 bits per heavy atom. The van der Waals surface area contributed by atoms with Gasteiger partial charge in [0.15, 0.2) is 5.82 Å². The molecule has 0 aliphatic carbocycles. The van der Waals surface area contributed by atoms with Gasteiger partial charge in [0.2, 0.25) is 5.82 Å². The topological polar surface area (TPSA) is 87.2 Å². The first-order valence-corrected chi connectivity index (χ1v) is 8.57. The van der Waals surface area contributed by atoms with Gasteiger partial charge in [0.05, 0.1) is 6.54 Å². The van der Waals surface area contributed by atoms with Crippen molar-refractivity contribution < 1.29 is 4.39 Å². The molecule has 0 N–H and O–H groups in total. The number of aryl methyl sites for hydroxylation is 3. The van der Waals surface area contributed by atoms with Crippen LogP contribution in [0.5, 0.6) is 0 Å². The van der Waals surface area contributed by atoms with Crippen LogP contribution in [-0.2, 0) is 13.0 Å². The number of aromatic nitrogens is 8. The van der Waals surface area contributed by atoms with Crippen molar-refractivity contribution in [3.05, 3.63) is 66.1 Å². The highest BCUT2D eigenvalue weighted by Gasteiger charge is 2.11. The number of pyridine rings is 1. The van der Waals surface area contributed by atoms with Gasteiger partial charge in [-0.3, -0.25) is 0 Å². The third-order valence-corrected chi connectivity index (χ3v) is 3.96. The fourth-order valence-electron chi connectivity index (χ4n) is 2.71. The van der Waals surface area contributed by atoms with Crippen LogP contribution < -0.4 is 0 Å². The Morgan fingerprint density at radius 1 is 1.04 bits per heavy atom. The summed E-state index contributed by atoms with van der Waals surface area (Å²) in [6.45, 7) is 2.44.